The Kier molecular flexibility index (Phi) is 6.42. The lowest BCUT2D eigenvalue weighted by Crippen LogP contribution is -2.46. The molecule has 0 atom stereocenters. The summed E-state index contributed by atoms with van der Waals surface area (Å²) in [5, 5.41) is 15.3. The van der Waals surface area contributed by atoms with Crippen LogP contribution in [-0.2, 0) is 11.3 Å². The summed E-state index contributed by atoms with van der Waals surface area (Å²) in [6, 6.07) is 0. The first-order chi connectivity index (χ1) is 14.1. The van der Waals surface area contributed by atoms with Crippen molar-refractivity contribution in [3.05, 3.63) is 18.0 Å². The molecule has 8 nitrogen and oxygen atoms in total. The summed E-state index contributed by atoms with van der Waals surface area (Å²) in [4.78, 5) is 16.7. The van der Waals surface area contributed by atoms with Gasteiger partial charge in [0, 0.05) is 32.7 Å². The van der Waals surface area contributed by atoms with Crippen molar-refractivity contribution in [1.82, 2.24) is 35.3 Å². The maximum Gasteiger partial charge on any atom is 0.244 e. The van der Waals surface area contributed by atoms with Crippen LogP contribution >= 0.6 is 12.2 Å². The summed E-state index contributed by atoms with van der Waals surface area (Å²) in [6.07, 6.45) is 13.4. The number of nitrogens with zero attached hydrogens (tertiary/aromatic N) is 6. The van der Waals surface area contributed by atoms with Crippen LogP contribution in [-0.4, -0.2) is 73.8 Å². The number of aromatic nitrogens is 4. The molecular formula is C20H31N7OS. The molecule has 0 saturated carbocycles. The minimum atomic E-state index is 0.0937. The molecule has 0 bridgehead atoms. The van der Waals surface area contributed by atoms with Crippen LogP contribution in [0.4, 0.5) is 0 Å². The molecule has 4 rings (SSSR count). The lowest BCUT2D eigenvalue weighted by atomic mass is 9.78. The number of hydrogen-bond acceptors (Lipinski definition) is 5. The van der Waals surface area contributed by atoms with E-state index in [-0.39, 0.29) is 12.5 Å². The van der Waals surface area contributed by atoms with Gasteiger partial charge in [0.15, 0.2) is 5.11 Å². The Morgan fingerprint density at radius 3 is 2.66 bits per heavy atom. The summed E-state index contributed by atoms with van der Waals surface area (Å²) >= 11 is 5.67. The second kappa shape index (κ2) is 9.19. The van der Waals surface area contributed by atoms with Crippen LogP contribution in [0.1, 0.15) is 51.4 Å². The van der Waals surface area contributed by atoms with E-state index in [1.54, 1.807) is 5.57 Å². The summed E-state index contributed by atoms with van der Waals surface area (Å²) in [7, 11) is 0. The van der Waals surface area contributed by atoms with Crippen molar-refractivity contribution in [2.45, 2.75) is 57.9 Å². The van der Waals surface area contributed by atoms with Gasteiger partial charge in [0.05, 0.1) is 0 Å². The molecule has 158 valence electrons. The monoisotopic (exact) mass is 417 g/mol. The van der Waals surface area contributed by atoms with E-state index < -0.39 is 0 Å². The number of hydrogen-bond donors (Lipinski definition) is 1. The van der Waals surface area contributed by atoms with Gasteiger partial charge in [-0.3, -0.25) is 4.79 Å². The van der Waals surface area contributed by atoms with Crippen molar-refractivity contribution in [3.8, 4) is 0 Å². The van der Waals surface area contributed by atoms with Crippen LogP contribution in [0.2, 0.25) is 0 Å². The van der Waals surface area contributed by atoms with Gasteiger partial charge in [-0.1, -0.05) is 11.6 Å². The third-order valence-electron chi connectivity index (χ3n) is 6.70. The summed E-state index contributed by atoms with van der Waals surface area (Å²) in [5.41, 5.74) is 1.88. The quantitative estimate of drug-likeness (QED) is 0.578. The first kappa shape index (κ1) is 20.3. The number of nitrogens with one attached hydrogen (secondary N) is 1. The molecule has 1 amide bonds. The van der Waals surface area contributed by atoms with E-state index in [1.165, 1.54) is 36.7 Å². The fourth-order valence-corrected chi connectivity index (χ4v) is 5.07. The predicted octanol–water partition coefficient (Wildman–Crippen LogP) is 1.75. The van der Waals surface area contributed by atoms with Gasteiger partial charge in [0.2, 0.25) is 5.91 Å². The topological polar surface area (TPSA) is 79.2 Å². The Balaban J connectivity index is 1.19. The molecule has 1 spiro atoms. The molecule has 29 heavy (non-hydrogen) atoms. The van der Waals surface area contributed by atoms with E-state index in [9.17, 15) is 4.79 Å². The summed E-state index contributed by atoms with van der Waals surface area (Å²) in [5.74, 6) is 0.0937. The van der Waals surface area contributed by atoms with Crippen LogP contribution in [0.3, 0.4) is 0 Å². The minimum absolute atomic E-state index is 0.0937. The highest BCUT2D eigenvalue weighted by atomic mass is 32.1. The van der Waals surface area contributed by atoms with Crippen LogP contribution in [0.5, 0.6) is 0 Å². The molecule has 2 saturated heterocycles. The highest BCUT2D eigenvalue weighted by Crippen LogP contribution is 2.40. The number of tetrazole rings is 1. The van der Waals surface area contributed by atoms with Crippen LogP contribution in [0.25, 0.3) is 0 Å². The second-order valence-electron chi connectivity index (χ2n) is 8.65. The van der Waals surface area contributed by atoms with E-state index in [1.807, 2.05) is 4.90 Å². The first-order valence-corrected chi connectivity index (χ1v) is 11.2. The lowest BCUT2D eigenvalue weighted by molar-refractivity contribution is -0.134. The van der Waals surface area contributed by atoms with Gasteiger partial charge >= 0.3 is 0 Å². The zero-order valence-electron chi connectivity index (χ0n) is 17.1. The van der Waals surface area contributed by atoms with Crippen molar-refractivity contribution in [1.29, 1.82) is 0 Å². The molecule has 1 aliphatic carbocycles. The van der Waals surface area contributed by atoms with Crippen molar-refractivity contribution in [2.24, 2.45) is 5.41 Å². The fraction of sp³-hybridized carbons (Fsp3) is 0.750. The number of thiocarbonyl (C=S) groups is 1. The highest BCUT2D eigenvalue weighted by Gasteiger charge is 2.42. The molecule has 2 fully saturated rings. The van der Waals surface area contributed by atoms with Crippen molar-refractivity contribution < 1.29 is 4.79 Å². The van der Waals surface area contributed by atoms with Gasteiger partial charge in [-0.2, -0.15) is 0 Å². The number of likely N-dealkylation sites (tertiary alicyclic amines) is 2. The Morgan fingerprint density at radius 2 is 1.97 bits per heavy atom. The second-order valence-corrected chi connectivity index (χ2v) is 9.04. The molecule has 3 aliphatic rings. The van der Waals surface area contributed by atoms with E-state index in [4.69, 9.17) is 12.2 Å². The fourth-order valence-electron chi connectivity index (χ4n) is 4.81. The predicted molar refractivity (Wildman–Crippen MR) is 114 cm³/mol. The number of amides is 1. The SMILES string of the molecule is O=C(Cn1cnnn1)N1CCC2(CC1)CCN(C(=S)NCCC1=CCCCC1)C2. The van der Waals surface area contributed by atoms with Crippen molar-refractivity contribution in [2.75, 3.05) is 32.7 Å². The molecule has 0 unspecified atom stereocenters. The zero-order chi connectivity index (χ0) is 20.1. The minimum Gasteiger partial charge on any atom is -0.362 e. The van der Waals surface area contributed by atoms with Crippen LogP contribution in [0, 0.1) is 5.41 Å². The van der Waals surface area contributed by atoms with E-state index in [0.29, 0.717) is 5.41 Å². The van der Waals surface area contributed by atoms with Crippen molar-refractivity contribution in [3.63, 3.8) is 0 Å². The highest BCUT2D eigenvalue weighted by molar-refractivity contribution is 7.80. The largest absolute Gasteiger partial charge is 0.362 e. The molecule has 3 heterocycles. The number of allylic oxidation sites excluding steroid dienone is 1. The molecule has 1 aromatic heterocycles. The average Bonchev–Trinajstić information content (AvgIpc) is 3.40. The normalized spacial score (nSPS) is 21.3. The van der Waals surface area contributed by atoms with Gasteiger partial charge in [0.1, 0.15) is 12.9 Å². The van der Waals surface area contributed by atoms with Gasteiger partial charge in [-0.15, -0.1) is 5.10 Å². The van der Waals surface area contributed by atoms with Crippen LogP contribution in [0.15, 0.2) is 18.0 Å². The number of carbonyl (C=O) groups is 1. The smallest absolute Gasteiger partial charge is 0.244 e. The standard InChI is InChI=1S/C20H31N7OS/c28-18(14-27-16-22-23-24-27)25-11-7-20(8-12-25)9-13-26(15-20)19(29)21-10-6-17-4-2-1-3-5-17/h4,16H,1-3,5-15H2,(H,21,29). The third-order valence-corrected chi connectivity index (χ3v) is 7.10. The summed E-state index contributed by atoms with van der Waals surface area (Å²) < 4.78 is 1.48. The van der Waals surface area contributed by atoms with Gasteiger partial charge in [-0.05, 0) is 79.4 Å². The number of rotatable bonds is 5. The van der Waals surface area contributed by atoms with E-state index in [0.717, 1.165) is 63.5 Å². The lowest BCUT2D eigenvalue weighted by Gasteiger charge is -2.39. The Labute approximate surface area is 177 Å². The molecule has 1 N–H and O–H groups in total. The molecular weight excluding hydrogens is 386 g/mol. The van der Waals surface area contributed by atoms with Crippen molar-refractivity contribution >= 4 is 23.2 Å². The maximum absolute atomic E-state index is 12.5. The Hall–Kier alpha value is -2.03. The Morgan fingerprint density at radius 1 is 1.17 bits per heavy atom. The summed E-state index contributed by atoms with van der Waals surface area (Å²) in [6.45, 7) is 4.81. The Bertz CT molecular complexity index is 740. The molecule has 1 aromatic rings. The van der Waals surface area contributed by atoms with Gasteiger partial charge < -0.3 is 15.1 Å². The number of piperidine rings is 1. The molecule has 0 radical (unpaired) electrons. The van der Waals surface area contributed by atoms with Gasteiger partial charge in [-0.25, -0.2) is 4.68 Å². The van der Waals surface area contributed by atoms with Gasteiger partial charge in [0.25, 0.3) is 0 Å². The van der Waals surface area contributed by atoms with E-state index >= 15 is 0 Å². The third kappa shape index (κ3) is 5.12. The number of carbonyl (C=O) groups excluding carboxylic acids is 1. The zero-order valence-corrected chi connectivity index (χ0v) is 17.9. The average molecular weight is 418 g/mol. The van der Waals surface area contributed by atoms with E-state index in [2.05, 4.69) is 31.8 Å². The molecule has 9 heteroatoms. The maximum atomic E-state index is 12.5. The van der Waals surface area contributed by atoms with Crippen LogP contribution < -0.4 is 5.32 Å². The molecule has 0 aromatic carbocycles. The molecule has 2 aliphatic heterocycles. The first-order valence-electron chi connectivity index (χ1n) is 10.8.